The lowest BCUT2D eigenvalue weighted by molar-refractivity contribution is 0.382. The summed E-state index contributed by atoms with van der Waals surface area (Å²) >= 11 is 0. The molecule has 182 valence electrons. The van der Waals surface area contributed by atoms with Crippen molar-refractivity contribution in [1.29, 1.82) is 0 Å². The molecule has 33 heavy (non-hydrogen) atoms. The van der Waals surface area contributed by atoms with Crippen LogP contribution in [0, 0.1) is 0 Å². The van der Waals surface area contributed by atoms with Gasteiger partial charge in [-0.15, -0.1) is 0 Å². The molecule has 3 rings (SSSR count). The van der Waals surface area contributed by atoms with Gasteiger partial charge in [0.25, 0.3) is 0 Å². The van der Waals surface area contributed by atoms with Crippen molar-refractivity contribution in [2.45, 2.75) is 105 Å². The second-order valence-electron chi connectivity index (χ2n) is 9.54. The Bertz CT molecular complexity index is 883. The molecule has 1 aliphatic carbocycles. The van der Waals surface area contributed by atoms with Gasteiger partial charge in [0.15, 0.2) is 0 Å². The van der Waals surface area contributed by atoms with E-state index in [1.165, 1.54) is 59.1 Å². The Morgan fingerprint density at radius 3 is 2.24 bits per heavy atom. The highest BCUT2D eigenvalue weighted by atomic mass is 14.7. The number of unbranched alkanes of at least 4 members (excludes halogenated alkanes) is 1. The zero-order valence-electron chi connectivity index (χ0n) is 22.7. The van der Waals surface area contributed by atoms with Gasteiger partial charge >= 0.3 is 0 Å². The monoisotopic (exact) mass is 447 g/mol. The summed E-state index contributed by atoms with van der Waals surface area (Å²) in [7, 11) is 0. The van der Waals surface area contributed by atoms with Crippen molar-refractivity contribution in [3.8, 4) is 0 Å². The number of benzene rings is 2. The maximum absolute atomic E-state index is 6.68. The highest BCUT2D eigenvalue weighted by molar-refractivity contribution is 5.73. The minimum absolute atomic E-state index is 0.205. The molecule has 0 saturated carbocycles. The summed E-state index contributed by atoms with van der Waals surface area (Å²) in [4.78, 5) is 0. The molecular weight excluding hydrogens is 398 g/mol. The molecule has 2 aromatic carbocycles. The van der Waals surface area contributed by atoms with E-state index in [4.69, 9.17) is 5.73 Å². The molecule has 0 amide bonds. The molecule has 2 aromatic rings. The average Bonchev–Trinajstić information content (AvgIpc) is 2.81. The minimum atomic E-state index is -0.205. The Hall–Kier alpha value is -2.12. The smallest absolute Gasteiger partial charge is 0.0384 e. The van der Waals surface area contributed by atoms with Gasteiger partial charge in [0.2, 0.25) is 0 Å². The Labute approximate surface area is 205 Å². The van der Waals surface area contributed by atoms with Crippen LogP contribution in [0.2, 0.25) is 0 Å². The van der Waals surface area contributed by atoms with E-state index in [1.807, 2.05) is 20.8 Å². The van der Waals surface area contributed by atoms with Crippen LogP contribution in [0.1, 0.15) is 127 Å². The summed E-state index contributed by atoms with van der Waals surface area (Å²) in [5.41, 5.74) is 15.6. The highest BCUT2D eigenvalue weighted by Gasteiger charge is 2.32. The molecule has 1 heteroatoms. The van der Waals surface area contributed by atoms with E-state index in [9.17, 15) is 0 Å². The first kappa shape index (κ1) is 28.9. The normalized spacial score (nSPS) is 19.1. The quantitative estimate of drug-likeness (QED) is 0.438. The van der Waals surface area contributed by atoms with Crippen LogP contribution in [0.15, 0.2) is 43.0 Å². The molecule has 1 nitrogen and oxygen atoms in total. The summed E-state index contributed by atoms with van der Waals surface area (Å²) in [5, 5.41) is 0. The van der Waals surface area contributed by atoms with Crippen LogP contribution in [0.4, 0.5) is 0 Å². The third-order valence-electron chi connectivity index (χ3n) is 6.21. The predicted octanol–water partition coefficient (Wildman–Crippen LogP) is 9.75. The number of nitrogens with two attached hydrogens (primary N) is 1. The zero-order valence-corrected chi connectivity index (χ0v) is 22.7. The van der Waals surface area contributed by atoms with Crippen molar-refractivity contribution in [3.63, 3.8) is 0 Å². The lowest BCUT2D eigenvalue weighted by atomic mass is 9.72. The molecule has 1 aliphatic rings. The molecule has 2 N–H and O–H groups in total. The molecule has 0 bridgehead atoms. The van der Waals surface area contributed by atoms with Gasteiger partial charge in [0.1, 0.15) is 0 Å². The SMILES string of the molecule is C=C(C)c1ccc(/C=C/c2cc3c(cc2CCCC)C(C)(N)CCC3C)cc1.CC.CCC. The minimum Gasteiger partial charge on any atom is -0.322 e. The summed E-state index contributed by atoms with van der Waals surface area (Å²) in [6, 6.07) is 13.5. The lowest BCUT2D eigenvalue weighted by Gasteiger charge is -2.36. The van der Waals surface area contributed by atoms with E-state index < -0.39 is 0 Å². The molecule has 2 atom stereocenters. The first-order chi connectivity index (χ1) is 15.7. The summed E-state index contributed by atoms with van der Waals surface area (Å²) in [6.45, 7) is 21.1. The van der Waals surface area contributed by atoms with Crippen molar-refractivity contribution in [2.75, 3.05) is 0 Å². The second kappa shape index (κ2) is 14.2. The van der Waals surface area contributed by atoms with Crippen LogP contribution < -0.4 is 5.73 Å². The zero-order chi connectivity index (χ0) is 25.0. The fourth-order valence-corrected chi connectivity index (χ4v) is 4.19. The lowest BCUT2D eigenvalue weighted by Crippen LogP contribution is -2.37. The van der Waals surface area contributed by atoms with Crippen molar-refractivity contribution < 1.29 is 0 Å². The summed E-state index contributed by atoms with van der Waals surface area (Å²) < 4.78 is 0. The second-order valence-corrected chi connectivity index (χ2v) is 9.54. The fraction of sp³-hybridized carbons (Fsp3) is 0.500. The Kier molecular flexibility index (Phi) is 12.4. The molecule has 0 heterocycles. The Balaban J connectivity index is 0.00000101. The number of aryl methyl sites for hydroxylation is 1. The number of hydrogen-bond acceptors (Lipinski definition) is 1. The number of allylic oxidation sites excluding steroid dienone is 1. The van der Waals surface area contributed by atoms with Crippen LogP contribution in [-0.2, 0) is 12.0 Å². The largest absolute Gasteiger partial charge is 0.322 e. The third kappa shape index (κ3) is 8.31. The van der Waals surface area contributed by atoms with E-state index in [-0.39, 0.29) is 5.54 Å². The molecule has 0 aliphatic heterocycles. The maximum Gasteiger partial charge on any atom is 0.0384 e. The molecule has 0 radical (unpaired) electrons. The molecule has 0 fully saturated rings. The van der Waals surface area contributed by atoms with Gasteiger partial charge in [-0.3, -0.25) is 0 Å². The fourth-order valence-electron chi connectivity index (χ4n) is 4.19. The van der Waals surface area contributed by atoms with Gasteiger partial charge < -0.3 is 5.73 Å². The standard InChI is InChI=1S/C27H35N.C3H8.C2H6/c1-6-7-8-23-18-26-25(20(4)15-16-27(26,5)28)17-24(23)14-11-21-9-12-22(13-10-21)19(2)3;1-3-2;1-2/h9-14,17-18,20H,2,6-8,15-16,28H2,1,3-5H3;3H2,1-2H3;1-2H3/b14-11+;;. The highest BCUT2D eigenvalue weighted by Crippen LogP contribution is 2.41. The van der Waals surface area contributed by atoms with Gasteiger partial charge in [0.05, 0.1) is 0 Å². The van der Waals surface area contributed by atoms with Crippen LogP contribution >= 0.6 is 0 Å². The van der Waals surface area contributed by atoms with Crippen molar-refractivity contribution in [3.05, 3.63) is 76.4 Å². The molecule has 2 unspecified atom stereocenters. The van der Waals surface area contributed by atoms with Gasteiger partial charge in [-0.05, 0) is 78.8 Å². The Morgan fingerprint density at radius 1 is 1.09 bits per heavy atom. The van der Waals surface area contributed by atoms with E-state index in [0.29, 0.717) is 5.92 Å². The van der Waals surface area contributed by atoms with Gasteiger partial charge in [0, 0.05) is 5.54 Å². The molecule has 0 spiro atoms. The first-order valence-electron chi connectivity index (χ1n) is 13.1. The predicted molar refractivity (Wildman–Crippen MR) is 152 cm³/mol. The van der Waals surface area contributed by atoms with E-state index in [2.05, 4.69) is 89.7 Å². The van der Waals surface area contributed by atoms with Gasteiger partial charge in [-0.25, -0.2) is 0 Å². The molecule has 0 saturated heterocycles. The van der Waals surface area contributed by atoms with Gasteiger partial charge in [-0.1, -0.05) is 115 Å². The van der Waals surface area contributed by atoms with Crippen LogP contribution in [0.3, 0.4) is 0 Å². The first-order valence-corrected chi connectivity index (χ1v) is 13.1. The summed E-state index contributed by atoms with van der Waals surface area (Å²) in [5.74, 6) is 0.578. The van der Waals surface area contributed by atoms with Crippen LogP contribution in [0.5, 0.6) is 0 Å². The summed E-state index contributed by atoms with van der Waals surface area (Å²) in [6.07, 6.45) is 11.5. The Morgan fingerprint density at radius 2 is 1.70 bits per heavy atom. The van der Waals surface area contributed by atoms with Crippen molar-refractivity contribution in [2.24, 2.45) is 5.73 Å². The van der Waals surface area contributed by atoms with E-state index in [0.717, 1.165) is 18.4 Å². The third-order valence-corrected chi connectivity index (χ3v) is 6.21. The number of hydrogen-bond donors (Lipinski definition) is 1. The number of fused-ring (bicyclic) bond motifs is 1. The van der Waals surface area contributed by atoms with Gasteiger partial charge in [-0.2, -0.15) is 0 Å². The molecule has 0 aromatic heterocycles. The number of rotatable bonds is 6. The maximum atomic E-state index is 6.68. The van der Waals surface area contributed by atoms with Crippen molar-refractivity contribution in [1.82, 2.24) is 0 Å². The average molecular weight is 448 g/mol. The molecular formula is C32H49N. The van der Waals surface area contributed by atoms with E-state index in [1.54, 1.807) is 0 Å². The van der Waals surface area contributed by atoms with Crippen molar-refractivity contribution >= 4 is 17.7 Å². The van der Waals surface area contributed by atoms with Crippen LogP contribution in [-0.4, -0.2) is 0 Å². The van der Waals surface area contributed by atoms with E-state index >= 15 is 0 Å². The van der Waals surface area contributed by atoms with Crippen LogP contribution in [0.25, 0.3) is 17.7 Å². The topological polar surface area (TPSA) is 26.0 Å².